The summed E-state index contributed by atoms with van der Waals surface area (Å²) in [7, 11) is -4.66. The molecular weight excluding hydrogens is 594 g/mol. The molecule has 206 valence electrons. The summed E-state index contributed by atoms with van der Waals surface area (Å²) in [6.45, 7) is 0. The van der Waals surface area contributed by atoms with Crippen molar-refractivity contribution in [3.8, 4) is 45.1 Å². The second kappa shape index (κ2) is 11.3. The minimum Gasteiger partial charge on any atom is -0.480 e. The number of benzene rings is 3. The van der Waals surface area contributed by atoms with E-state index < -0.39 is 26.9 Å². The minimum absolute atomic E-state index is 0.110. The van der Waals surface area contributed by atoms with E-state index in [1.54, 1.807) is 42.5 Å². The highest BCUT2D eigenvalue weighted by Gasteiger charge is 2.48. The van der Waals surface area contributed by atoms with E-state index in [2.05, 4.69) is 9.17 Å². The fourth-order valence-electron chi connectivity index (χ4n) is 3.79. The van der Waals surface area contributed by atoms with Crippen LogP contribution in [0.15, 0.2) is 66.7 Å². The van der Waals surface area contributed by atoms with Gasteiger partial charge in [0, 0.05) is 22.3 Å². The van der Waals surface area contributed by atoms with Crippen molar-refractivity contribution in [2.24, 2.45) is 0 Å². The Labute approximate surface area is 236 Å². The maximum Gasteiger partial charge on any atom is 0.534 e. The second-order valence-corrected chi connectivity index (χ2v) is 10.4. The molecule has 4 aromatic rings. The largest absolute Gasteiger partial charge is 0.534 e. The Morgan fingerprint density at radius 1 is 0.800 bits per heavy atom. The van der Waals surface area contributed by atoms with Gasteiger partial charge in [-0.1, -0.05) is 65.7 Å². The lowest BCUT2D eigenvalue weighted by atomic mass is 9.96. The zero-order valence-corrected chi connectivity index (χ0v) is 22.5. The average Bonchev–Trinajstić information content (AvgIpc) is 2.92. The van der Waals surface area contributed by atoms with Gasteiger partial charge in [0.25, 0.3) is 0 Å². The van der Waals surface area contributed by atoms with Gasteiger partial charge < -0.3 is 8.92 Å². The fraction of sp³-hybridized carbons (Fsp3) is 0.0741. The Kier molecular flexibility index (Phi) is 8.20. The molecule has 0 aliphatic heterocycles. The second-order valence-electron chi connectivity index (χ2n) is 8.10. The number of alkyl halides is 3. The predicted molar refractivity (Wildman–Crippen MR) is 143 cm³/mol. The first-order valence-electron chi connectivity index (χ1n) is 11.1. The first kappa shape index (κ1) is 29.1. The van der Waals surface area contributed by atoms with Crippen LogP contribution in [0.5, 0.6) is 11.6 Å². The normalized spacial score (nSPS) is 11.7. The summed E-state index contributed by atoms with van der Waals surface area (Å²) in [4.78, 5) is 26.9. The molecule has 0 unspecified atom stereocenters. The standard InChI is InChI=1S/C27H16Cl2F3NO6S/c1-38-26-17(14-35)10-11-22(33-26)21-7-3-6-20(25(21)29)19-5-2-4-18(24(19)28)15-8-9-16(13-34)23(12-15)39-40(36,37)27(30,31)32/h2-14H,1H3. The summed E-state index contributed by atoms with van der Waals surface area (Å²) in [6.07, 6.45) is 0.772. The molecule has 3 aromatic carbocycles. The molecule has 0 aliphatic rings. The minimum atomic E-state index is -6.03. The van der Waals surface area contributed by atoms with E-state index in [1.807, 2.05) is 0 Å². The number of carbonyl (C=O) groups is 2. The van der Waals surface area contributed by atoms with Crippen LogP contribution in [0.4, 0.5) is 13.2 Å². The number of ether oxygens (including phenoxy) is 1. The third-order valence-corrected chi connectivity index (χ3v) is 7.49. The molecule has 13 heteroatoms. The van der Waals surface area contributed by atoms with Gasteiger partial charge >= 0.3 is 15.6 Å². The number of aldehydes is 2. The van der Waals surface area contributed by atoms with Crippen LogP contribution < -0.4 is 8.92 Å². The number of halogens is 5. The van der Waals surface area contributed by atoms with Crippen molar-refractivity contribution in [2.75, 3.05) is 7.11 Å². The summed E-state index contributed by atoms with van der Waals surface area (Å²) >= 11 is 13.5. The molecule has 0 aliphatic carbocycles. The van der Waals surface area contributed by atoms with Crippen LogP contribution in [0, 0.1) is 0 Å². The molecule has 0 bridgehead atoms. The van der Waals surface area contributed by atoms with Crippen LogP contribution >= 0.6 is 23.2 Å². The maximum atomic E-state index is 12.9. The highest BCUT2D eigenvalue weighted by atomic mass is 35.5. The monoisotopic (exact) mass is 609 g/mol. The smallest absolute Gasteiger partial charge is 0.480 e. The summed E-state index contributed by atoms with van der Waals surface area (Å²) in [6, 6.07) is 16.5. The van der Waals surface area contributed by atoms with Gasteiger partial charge in [0.05, 0.1) is 34.0 Å². The lowest BCUT2D eigenvalue weighted by molar-refractivity contribution is -0.0500. The molecule has 0 amide bonds. The Hall–Kier alpha value is -3.93. The summed E-state index contributed by atoms with van der Waals surface area (Å²) in [5, 5.41) is 0.387. The summed E-state index contributed by atoms with van der Waals surface area (Å²) < 4.78 is 71.2. The lowest BCUT2D eigenvalue weighted by Crippen LogP contribution is -2.28. The van der Waals surface area contributed by atoms with Crippen LogP contribution in [0.3, 0.4) is 0 Å². The molecular formula is C27H16Cl2F3NO6S. The number of carbonyl (C=O) groups excluding carboxylic acids is 2. The maximum absolute atomic E-state index is 12.9. The molecule has 0 atom stereocenters. The average molecular weight is 610 g/mol. The van der Waals surface area contributed by atoms with Crippen molar-refractivity contribution in [2.45, 2.75) is 5.51 Å². The molecule has 0 saturated carbocycles. The predicted octanol–water partition coefficient (Wildman–Crippen LogP) is 7.25. The number of aromatic nitrogens is 1. The third kappa shape index (κ3) is 5.53. The SMILES string of the molecule is COc1nc(-c2cccc(-c3cccc(-c4ccc(C=O)c(OS(=O)(=O)C(F)(F)F)c4)c3Cl)c2Cl)ccc1C=O. The van der Waals surface area contributed by atoms with E-state index in [1.165, 1.54) is 19.2 Å². The van der Waals surface area contributed by atoms with Crippen molar-refractivity contribution in [1.82, 2.24) is 4.98 Å². The first-order chi connectivity index (χ1) is 18.9. The van der Waals surface area contributed by atoms with E-state index in [-0.39, 0.29) is 33.3 Å². The van der Waals surface area contributed by atoms with E-state index in [0.29, 0.717) is 34.2 Å². The molecule has 7 nitrogen and oxygen atoms in total. The van der Waals surface area contributed by atoms with Gasteiger partial charge in [0.2, 0.25) is 5.88 Å². The van der Waals surface area contributed by atoms with Crippen molar-refractivity contribution in [1.29, 1.82) is 0 Å². The number of methoxy groups -OCH3 is 1. The Bertz CT molecular complexity index is 1740. The van der Waals surface area contributed by atoms with Gasteiger partial charge in [0.15, 0.2) is 18.3 Å². The van der Waals surface area contributed by atoms with Crippen LogP contribution in [-0.2, 0) is 10.1 Å². The highest BCUT2D eigenvalue weighted by Crippen LogP contribution is 2.43. The highest BCUT2D eigenvalue weighted by molar-refractivity contribution is 7.88. The molecule has 0 fully saturated rings. The molecule has 4 rings (SSSR count). The first-order valence-corrected chi connectivity index (χ1v) is 13.3. The number of rotatable bonds is 8. The summed E-state index contributed by atoms with van der Waals surface area (Å²) in [5.41, 5.74) is -3.56. The van der Waals surface area contributed by atoms with Gasteiger partial charge in [-0.15, -0.1) is 0 Å². The molecule has 40 heavy (non-hydrogen) atoms. The van der Waals surface area contributed by atoms with Gasteiger partial charge in [-0.05, 0) is 29.8 Å². The van der Waals surface area contributed by atoms with Gasteiger partial charge in [-0.25, -0.2) is 4.98 Å². The number of pyridine rings is 1. The van der Waals surface area contributed by atoms with Crippen LogP contribution in [0.25, 0.3) is 33.5 Å². The van der Waals surface area contributed by atoms with Crippen molar-refractivity contribution in [3.05, 3.63) is 87.9 Å². The molecule has 0 radical (unpaired) electrons. The van der Waals surface area contributed by atoms with Crippen molar-refractivity contribution < 1.29 is 40.1 Å². The lowest BCUT2D eigenvalue weighted by Gasteiger charge is -2.15. The van der Waals surface area contributed by atoms with Gasteiger partial charge in [-0.3, -0.25) is 9.59 Å². The van der Waals surface area contributed by atoms with Crippen molar-refractivity contribution in [3.63, 3.8) is 0 Å². The number of nitrogens with zero attached hydrogens (tertiary/aromatic N) is 1. The van der Waals surface area contributed by atoms with Crippen LogP contribution in [-0.4, -0.2) is 38.6 Å². The zero-order valence-electron chi connectivity index (χ0n) is 20.2. The molecule has 0 saturated heterocycles. The van der Waals surface area contributed by atoms with E-state index in [9.17, 15) is 31.2 Å². The Balaban J connectivity index is 1.81. The Morgan fingerprint density at radius 3 is 1.93 bits per heavy atom. The van der Waals surface area contributed by atoms with Crippen LogP contribution in [0.2, 0.25) is 10.0 Å². The van der Waals surface area contributed by atoms with Gasteiger partial charge in [0.1, 0.15) is 0 Å². The quantitative estimate of drug-likeness (QED) is 0.118. The van der Waals surface area contributed by atoms with E-state index in [0.717, 1.165) is 12.1 Å². The number of hydrogen-bond acceptors (Lipinski definition) is 7. The molecule has 1 aromatic heterocycles. The molecule has 0 N–H and O–H groups in total. The van der Waals surface area contributed by atoms with Crippen molar-refractivity contribution >= 4 is 45.9 Å². The topological polar surface area (TPSA) is 99.6 Å². The number of hydrogen-bond donors (Lipinski definition) is 0. The fourth-order valence-corrected chi connectivity index (χ4v) is 4.93. The Morgan fingerprint density at radius 2 is 1.35 bits per heavy atom. The van der Waals surface area contributed by atoms with Gasteiger partial charge in [-0.2, -0.15) is 21.6 Å². The van der Waals surface area contributed by atoms with E-state index in [4.69, 9.17) is 27.9 Å². The van der Waals surface area contributed by atoms with Crippen LogP contribution in [0.1, 0.15) is 20.7 Å². The summed E-state index contributed by atoms with van der Waals surface area (Å²) in [5.74, 6) is -0.705. The third-order valence-electron chi connectivity index (χ3n) is 5.71. The van der Waals surface area contributed by atoms with E-state index >= 15 is 0 Å². The zero-order chi connectivity index (χ0) is 29.2. The molecule has 1 heterocycles. The molecule has 0 spiro atoms.